The number of benzene rings is 1. The molecule has 0 unspecified atom stereocenters. The molecule has 3 rings (SSSR count). The summed E-state index contributed by atoms with van der Waals surface area (Å²) in [6.45, 7) is 3.16. The summed E-state index contributed by atoms with van der Waals surface area (Å²) in [7, 11) is 0. The smallest absolute Gasteiger partial charge is 0.257 e. The van der Waals surface area contributed by atoms with E-state index >= 15 is 0 Å². The standard InChI is InChI=1S/C16H22N2O2/c19-16(18-10-4-2-1-3-5-11-18)13-7-6-8-14-15(13)20-12-9-17-14/h6-8,17H,1-5,9-12H2. The first kappa shape index (κ1) is 13.3. The van der Waals surface area contributed by atoms with Crippen molar-refractivity contribution in [2.24, 2.45) is 0 Å². The Morgan fingerprint density at radius 2 is 1.85 bits per heavy atom. The third-order valence-corrected chi connectivity index (χ3v) is 4.05. The average Bonchev–Trinajstić information content (AvgIpc) is 2.46. The Balaban J connectivity index is 1.82. The summed E-state index contributed by atoms with van der Waals surface area (Å²) in [5.41, 5.74) is 1.64. The molecule has 0 radical (unpaired) electrons. The highest BCUT2D eigenvalue weighted by Crippen LogP contribution is 2.32. The topological polar surface area (TPSA) is 41.6 Å². The predicted octanol–water partition coefficient (Wildman–Crippen LogP) is 2.90. The number of amides is 1. The van der Waals surface area contributed by atoms with E-state index in [2.05, 4.69) is 5.32 Å². The zero-order chi connectivity index (χ0) is 13.8. The number of carbonyl (C=O) groups excluding carboxylic acids is 1. The van der Waals surface area contributed by atoms with Crippen LogP contribution in [-0.4, -0.2) is 37.0 Å². The van der Waals surface area contributed by atoms with Gasteiger partial charge in [0.15, 0.2) is 5.75 Å². The number of likely N-dealkylation sites (tertiary alicyclic amines) is 1. The molecule has 1 aromatic carbocycles. The van der Waals surface area contributed by atoms with Gasteiger partial charge in [-0.2, -0.15) is 0 Å². The number of ether oxygens (including phenoxy) is 1. The fourth-order valence-corrected chi connectivity index (χ4v) is 2.96. The van der Waals surface area contributed by atoms with Gasteiger partial charge >= 0.3 is 0 Å². The summed E-state index contributed by atoms with van der Waals surface area (Å²) >= 11 is 0. The molecule has 0 aliphatic carbocycles. The molecule has 1 amide bonds. The maximum absolute atomic E-state index is 12.8. The quantitative estimate of drug-likeness (QED) is 0.856. The van der Waals surface area contributed by atoms with Crippen LogP contribution in [0.1, 0.15) is 42.5 Å². The minimum Gasteiger partial charge on any atom is -0.489 e. The zero-order valence-electron chi connectivity index (χ0n) is 11.9. The van der Waals surface area contributed by atoms with Crippen molar-refractivity contribution in [2.75, 3.05) is 31.6 Å². The second-order valence-corrected chi connectivity index (χ2v) is 5.52. The second-order valence-electron chi connectivity index (χ2n) is 5.52. The molecule has 1 aromatic rings. The van der Waals surface area contributed by atoms with Gasteiger partial charge in [0.2, 0.25) is 0 Å². The van der Waals surface area contributed by atoms with E-state index in [1.54, 1.807) is 0 Å². The molecule has 0 aromatic heterocycles. The van der Waals surface area contributed by atoms with E-state index < -0.39 is 0 Å². The van der Waals surface area contributed by atoms with Gasteiger partial charge in [0, 0.05) is 19.6 Å². The number of fused-ring (bicyclic) bond motifs is 1. The largest absolute Gasteiger partial charge is 0.489 e. The third kappa shape index (κ3) is 2.74. The lowest BCUT2D eigenvalue weighted by Crippen LogP contribution is -2.34. The minimum atomic E-state index is 0.118. The van der Waals surface area contributed by atoms with Crippen molar-refractivity contribution in [3.05, 3.63) is 23.8 Å². The Hall–Kier alpha value is -1.71. The monoisotopic (exact) mass is 274 g/mol. The van der Waals surface area contributed by atoms with E-state index in [9.17, 15) is 4.79 Å². The molecular formula is C16H22N2O2. The van der Waals surface area contributed by atoms with E-state index in [4.69, 9.17) is 4.74 Å². The lowest BCUT2D eigenvalue weighted by atomic mass is 10.1. The number of anilines is 1. The molecule has 0 atom stereocenters. The van der Waals surface area contributed by atoms with Crippen LogP contribution in [0.5, 0.6) is 5.75 Å². The molecule has 2 aliphatic rings. The molecule has 20 heavy (non-hydrogen) atoms. The fraction of sp³-hybridized carbons (Fsp3) is 0.562. The van der Waals surface area contributed by atoms with Crippen molar-refractivity contribution in [1.82, 2.24) is 4.90 Å². The van der Waals surface area contributed by atoms with Gasteiger partial charge in [-0.05, 0) is 25.0 Å². The van der Waals surface area contributed by atoms with Crippen LogP contribution in [0.3, 0.4) is 0 Å². The number of para-hydroxylation sites is 1. The summed E-state index contributed by atoms with van der Waals surface area (Å²) in [6.07, 6.45) is 5.99. The summed E-state index contributed by atoms with van der Waals surface area (Å²) in [5.74, 6) is 0.846. The van der Waals surface area contributed by atoms with E-state index in [0.29, 0.717) is 12.2 Å². The lowest BCUT2D eigenvalue weighted by molar-refractivity contribution is 0.0738. The van der Waals surface area contributed by atoms with Gasteiger partial charge in [-0.15, -0.1) is 0 Å². The number of nitrogens with one attached hydrogen (secondary N) is 1. The summed E-state index contributed by atoms with van der Waals surface area (Å²) in [6, 6.07) is 5.78. The zero-order valence-corrected chi connectivity index (χ0v) is 11.9. The van der Waals surface area contributed by atoms with Crippen LogP contribution < -0.4 is 10.1 Å². The molecule has 108 valence electrons. The van der Waals surface area contributed by atoms with Crippen LogP contribution in [-0.2, 0) is 0 Å². The number of nitrogens with zero attached hydrogens (tertiary/aromatic N) is 1. The summed E-state index contributed by atoms with van der Waals surface area (Å²) in [5, 5.41) is 3.29. The fourth-order valence-electron chi connectivity index (χ4n) is 2.96. The number of carbonyl (C=O) groups is 1. The molecule has 2 aliphatic heterocycles. The van der Waals surface area contributed by atoms with E-state index in [1.807, 2.05) is 23.1 Å². The average molecular weight is 274 g/mol. The van der Waals surface area contributed by atoms with Crippen molar-refractivity contribution < 1.29 is 9.53 Å². The van der Waals surface area contributed by atoms with Gasteiger partial charge in [-0.25, -0.2) is 0 Å². The molecule has 0 spiro atoms. The van der Waals surface area contributed by atoms with Crippen LogP contribution in [0.25, 0.3) is 0 Å². The molecule has 1 N–H and O–H groups in total. The Kier molecular flexibility index (Phi) is 4.09. The molecule has 4 heteroatoms. The first-order valence-corrected chi connectivity index (χ1v) is 7.65. The third-order valence-electron chi connectivity index (χ3n) is 4.05. The molecule has 1 fully saturated rings. The molecular weight excluding hydrogens is 252 g/mol. The second kappa shape index (κ2) is 6.16. The van der Waals surface area contributed by atoms with Crippen LogP contribution in [0, 0.1) is 0 Å². The Morgan fingerprint density at radius 3 is 2.65 bits per heavy atom. The normalized spacial score (nSPS) is 19.1. The van der Waals surface area contributed by atoms with Gasteiger partial charge in [0.05, 0.1) is 11.3 Å². The van der Waals surface area contributed by atoms with Gasteiger partial charge in [-0.1, -0.05) is 25.3 Å². The first-order chi connectivity index (χ1) is 9.86. The SMILES string of the molecule is O=C(c1cccc2c1OCCN2)N1CCCCCCC1. The maximum atomic E-state index is 12.8. The van der Waals surface area contributed by atoms with E-state index in [0.717, 1.165) is 43.9 Å². The van der Waals surface area contributed by atoms with Crippen molar-refractivity contribution in [1.29, 1.82) is 0 Å². The van der Waals surface area contributed by atoms with Crippen molar-refractivity contribution in [3.8, 4) is 5.75 Å². The van der Waals surface area contributed by atoms with Crippen molar-refractivity contribution >= 4 is 11.6 Å². The van der Waals surface area contributed by atoms with Crippen molar-refractivity contribution in [2.45, 2.75) is 32.1 Å². The van der Waals surface area contributed by atoms with Crippen LogP contribution >= 0.6 is 0 Å². The minimum absolute atomic E-state index is 0.118. The molecule has 2 heterocycles. The highest BCUT2D eigenvalue weighted by atomic mass is 16.5. The van der Waals surface area contributed by atoms with Gasteiger partial charge < -0.3 is 15.0 Å². The van der Waals surface area contributed by atoms with Gasteiger partial charge in [0.25, 0.3) is 5.91 Å². The highest BCUT2D eigenvalue weighted by molar-refractivity contribution is 5.99. The highest BCUT2D eigenvalue weighted by Gasteiger charge is 2.23. The lowest BCUT2D eigenvalue weighted by Gasteiger charge is -2.27. The first-order valence-electron chi connectivity index (χ1n) is 7.65. The van der Waals surface area contributed by atoms with Crippen LogP contribution in [0.15, 0.2) is 18.2 Å². The maximum Gasteiger partial charge on any atom is 0.257 e. The molecule has 0 bridgehead atoms. The Bertz CT molecular complexity index is 479. The molecule has 4 nitrogen and oxygen atoms in total. The Labute approximate surface area is 120 Å². The predicted molar refractivity (Wildman–Crippen MR) is 79.4 cm³/mol. The van der Waals surface area contributed by atoms with Crippen LogP contribution in [0.2, 0.25) is 0 Å². The number of rotatable bonds is 1. The molecule has 1 saturated heterocycles. The van der Waals surface area contributed by atoms with E-state index in [1.165, 1.54) is 19.3 Å². The van der Waals surface area contributed by atoms with Crippen molar-refractivity contribution in [3.63, 3.8) is 0 Å². The summed E-state index contributed by atoms with van der Waals surface area (Å²) in [4.78, 5) is 14.7. The Morgan fingerprint density at radius 1 is 1.10 bits per heavy atom. The number of hydrogen-bond donors (Lipinski definition) is 1. The molecule has 0 saturated carbocycles. The van der Waals surface area contributed by atoms with Gasteiger partial charge in [0.1, 0.15) is 6.61 Å². The van der Waals surface area contributed by atoms with Crippen LogP contribution in [0.4, 0.5) is 5.69 Å². The summed E-state index contributed by atoms with van der Waals surface area (Å²) < 4.78 is 5.71. The van der Waals surface area contributed by atoms with E-state index in [-0.39, 0.29) is 5.91 Å². The number of hydrogen-bond acceptors (Lipinski definition) is 3. The van der Waals surface area contributed by atoms with Gasteiger partial charge in [-0.3, -0.25) is 4.79 Å².